The van der Waals surface area contributed by atoms with Crippen LogP contribution in [0.15, 0.2) is 4.99 Å². The van der Waals surface area contributed by atoms with Gasteiger partial charge in [0.15, 0.2) is 0 Å². The first-order chi connectivity index (χ1) is 8.32. The highest BCUT2D eigenvalue weighted by Gasteiger charge is 2.66. The lowest BCUT2D eigenvalue weighted by Gasteiger charge is -2.31. The van der Waals surface area contributed by atoms with Gasteiger partial charge in [-0.3, -0.25) is 9.59 Å². The largest absolute Gasteiger partial charge is 0.291 e. The van der Waals surface area contributed by atoms with Crippen LogP contribution in [-0.4, -0.2) is 24.1 Å². The van der Waals surface area contributed by atoms with Crippen molar-refractivity contribution in [2.45, 2.75) is 47.0 Å². The monoisotopic (exact) mass is 250 g/mol. The zero-order valence-corrected chi connectivity index (χ0v) is 11.7. The van der Waals surface area contributed by atoms with E-state index in [1.165, 1.54) is 0 Å². The van der Waals surface area contributed by atoms with Crippen molar-refractivity contribution in [2.75, 3.05) is 6.54 Å². The van der Waals surface area contributed by atoms with E-state index in [1.54, 1.807) is 0 Å². The summed E-state index contributed by atoms with van der Waals surface area (Å²) in [6, 6.07) is 1.94. The lowest BCUT2D eigenvalue weighted by molar-refractivity contribution is -0.141. The molecule has 100 valence electrons. The lowest BCUT2D eigenvalue weighted by atomic mass is 9.70. The van der Waals surface area contributed by atoms with Gasteiger partial charge in [-0.2, -0.15) is 0 Å². The summed E-state index contributed by atoms with van der Waals surface area (Å²) in [5.74, 6) is -0.229. The molecule has 2 atom stereocenters. The van der Waals surface area contributed by atoms with Crippen molar-refractivity contribution in [1.29, 1.82) is 5.41 Å². The summed E-state index contributed by atoms with van der Waals surface area (Å²) in [4.78, 5) is 26.5. The topological polar surface area (TPSA) is 70.3 Å². The van der Waals surface area contributed by atoms with E-state index in [-0.39, 0.29) is 28.3 Å². The quantitative estimate of drug-likeness (QED) is 0.604. The molecule has 0 aromatic rings. The molecule has 2 rings (SSSR count). The van der Waals surface area contributed by atoms with E-state index in [9.17, 15) is 9.59 Å². The first-order valence-corrected chi connectivity index (χ1v) is 6.49. The van der Waals surface area contributed by atoms with Crippen LogP contribution in [0.4, 0.5) is 0 Å². The van der Waals surface area contributed by atoms with Crippen LogP contribution in [0.1, 0.15) is 47.0 Å². The smallest absolute Gasteiger partial charge is 0.205 e. The summed E-state index contributed by atoms with van der Waals surface area (Å²) in [6.45, 7) is 8.80. The minimum atomic E-state index is -0.352. The van der Waals surface area contributed by atoms with Crippen molar-refractivity contribution in [1.82, 2.24) is 0 Å². The Morgan fingerprint density at radius 3 is 2.22 bits per heavy atom. The minimum absolute atomic E-state index is 0.00926. The molecule has 2 aliphatic rings. The molecule has 0 saturated heterocycles. The van der Waals surface area contributed by atoms with Crippen LogP contribution in [0.25, 0.3) is 0 Å². The first-order valence-electron chi connectivity index (χ1n) is 6.49. The molecule has 0 aromatic heterocycles. The number of nitrogens with zero attached hydrogens (tertiary/aromatic N) is 1. The molecule has 18 heavy (non-hydrogen) atoms. The van der Waals surface area contributed by atoms with Crippen LogP contribution in [-0.2, 0) is 9.59 Å². The minimum Gasteiger partial charge on any atom is -0.291 e. The Morgan fingerprint density at radius 2 is 2.00 bits per heavy atom. The number of fused-ring (bicyclic) bond motifs is 2. The molecule has 2 unspecified atom stereocenters. The first kappa shape index (κ1) is 14.8. The van der Waals surface area contributed by atoms with E-state index < -0.39 is 0 Å². The lowest BCUT2D eigenvalue weighted by Crippen LogP contribution is -2.33. The average Bonchev–Trinajstić information content (AvgIpc) is 2.63. The predicted octanol–water partition coefficient (Wildman–Crippen LogP) is 2.73. The van der Waals surface area contributed by atoms with Gasteiger partial charge in [-0.1, -0.05) is 27.7 Å². The molecule has 4 heteroatoms. The molecular weight excluding hydrogens is 228 g/mol. The molecule has 2 aliphatic carbocycles. The standard InChI is InChI=1S/C10H14O2.C4H8N2/c1-9(2)6-4-5-10(9,3)8(12)7(6)11;1-2-3-6-4-5/h6H,4-5H2,1-3H3;5H,2-3H2,1H3. The molecule has 0 aliphatic heterocycles. The van der Waals surface area contributed by atoms with Gasteiger partial charge in [0.05, 0.1) is 6.01 Å². The summed E-state index contributed by atoms with van der Waals surface area (Å²) in [5, 5.41) is 6.29. The van der Waals surface area contributed by atoms with Gasteiger partial charge in [0, 0.05) is 17.9 Å². The van der Waals surface area contributed by atoms with Crippen LogP contribution >= 0.6 is 0 Å². The van der Waals surface area contributed by atoms with E-state index in [1.807, 2.05) is 33.7 Å². The highest BCUT2D eigenvalue weighted by atomic mass is 16.2. The van der Waals surface area contributed by atoms with Gasteiger partial charge in [0.2, 0.25) is 11.6 Å². The SMILES string of the molecule is CC12CCC(C(=O)C1=O)C2(C)C.CCCN=C=N. The maximum Gasteiger partial charge on any atom is 0.205 e. The van der Waals surface area contributed by atoms with Crippen LogP contribution < -0.4 is 0 Å². The number of carbonyl (C=O) groups is 2. The van der Waals surface area contributed by atoms with E-state index in [4.69, 9.17) is 5.41 Å². The van der Waals surface area contributed by atoms with E-state index in [0.717, 1.165) is 25.8 Å². The number of Topliss-reactive ketones (excluding diaryl/α,β-unsaturated/α-hetero) is 2. The van der Waals surface area contributed by atoms with Crippen molar-refractivity contribution in [3.63, 3.8) is 0 Å². The van der Waals surface area contributed by atoms with Crippen molar-refractivity contribution in [3.05, 3.63) is 0 Å². The van der Waals surface area contributed by atoms with E-state index >= 15 is 0 Å². The normalized spacial score (nSPS) is 31.7. The fourth-order valence-corrected chi connectivity index (χ4v) is 2.96. The maximum atomic E-state index is 11.6. The Balaban J connectivity index is 0.000000232. The number of ketones is 2. The van der Waals surface area contributed by atoms with Crippen molar-refractivity contribution in [2.24, 2.45) is 21.7 Å². The van der Waals surface area contributed by atoms with Gasteiger partial charge in [-0.05, 0) is 24.7 Å². The van der Waals surface area contributed by atoms with Crippen LogP contribution in [0.5, 0.6) is 0 Å². The third kappa shape index (κ3) is 2.05. The second kappa shape index (κ2) is 5.15. The average molecular weight is 250 g/mol. The molecule has 2 bridgehead atoms. The van der Waals surface area contributed by atoms with Gasteiger partial charge in [-0.25, -0.2) is 10.4 Å². The second-order valence-electron chi connectivity index (χ2n) is 5.83. The van der Waals surface area contributed by atoms with Crippen LogP contribution in [0.3, 0.4) is 0 Å². The van der Waals surface area contributed by atoms with E-state index in [0.29, 0.717) is 0 Å². The van der Waals surface area contributed by atoms with Crippen molar-refractivity contribution >= 4 is 17.6 Å². The molecule has 2 saturated carbocycles. The highest BCUT2D eigenvalue weighted by Crippen LogP contribution is 2.61. The number of rotatable bonds is 2. The highest BCUT2D eigenvalue weighted by molar-refractivity contribution is 6.43. The summed E-state index contributed by atoms with van der Waals surface area (Å²) < 4.78 is 0. The molecule has 0 spiro atoms. The zero-order valence-electron chi connectivity index (χ0n) is 11.7. The summed E-state index contributed by atoms with van der Waals surface area (Å²) in [5.41, 5.74) is -0.448. The molecule has 1 N–H and O–H groups in total. The molecule has 0 amide bonds. The Kier molecular flexibility index (Phi) is 4.23. The number of aliphatic imine (C=N–C) groups is 1. The predicted molar refractivity (Wildman–Crippen MR) is 69.9 cm³/mol. The fourth-order valence-electron chi connectivity index (χ4n) is 2.96. The van der Waals surface area contributed by atoms with Gasteiger partial charge in [-0.15, -0.1) is 0 Å². The number of hydrogen-bond acceptors (Lipinski definition) is 4. The van der Waals surface area contributed by atoms with Gasteiger partial charge in [0.1, 0.15) is 0 Å². The van der Waals surface area contributed by atoms with Gasteiger partial charge < -0.3 is 0 Å². The third-order valence-electron chi connectivity index (χ3n) is 4.68. The molecule has 4 nitrogen and oxygen atoms in total. The second-order valence-corrected chi connectivity index (χ2v) is 5.83. The number of nitrogens with one attached hydrogen (secondary N) is 1. The van der Waals surface area contributed by atoms with Crippen LogP contribution in [0, 0.1) is 22.2 Å². The summed E-state index contributed by atoms with van der Waals surface area (Å²) >= 11 is 0. The Bertz CT molecular complexity index is 408. The molecular formula is C14H22N2O2. The van der Waals surface area contributed by atoms with Crippen molar-refractivity contribution in [3.8, 4) is 0 Å². The maximum absolute atomic E-state index is 11.6. The Morgan fingerprint density at radius 1 is 1.39 bits per heavy atom. The number of carbonyl (C=O) groups excluding carboxylic acids is 2. The van der Waals surface area contributed by atoms with Crippen LogP contribution in [0.2, 0.25) is 0 Å². The third-order valence-corrected chi connectivity index (χ3v) is 4.68. The van der Waals surface area contributed by atoms with Crippen molar-refractivity contribution < 1.29 is 9.59 Å². The number of hydrogen-bond donors (Lipinski definition) is 1. The van der Waals surface area contributed by atoms with E-state index in [2.05, 4.69) is 4.99 Å². The van der Waals surface area contributed by atoms with Gasteiger partial charge >= 0.3 is 0 Å². The molecule has 0 heterocycles. The Labute approximate surface area is 108 Å². The molecule has 0 radical (unpaired) electrons. The summed E-state index contributed by atoms with van der Waals surface area (Å²) in [6.07, 6.45) is 2.81. The zero-order chi connectivity index (χ0) is 14.0. The summed E-state index contributed by atoms with van der Waals surface area (Å²) in [7, 11) is 0. The molecule has 0 aromatic carbocycles. The van der Waals surface area contributed by atoms with Gasteiger partial charge in [0.25, 0.3) is 0 Å². The fraction of sp³-hybridized carbons (Fsp3) is 0.786. The molecule has 2 fully saturated rings. The Hall–Kier alpha value is -1.28.